The molecule has 0 spiro atoms. The summed E-state index contributed by atoms with van der Waals surface area (Å²) in [5.74, 6) is 1.60. The maximum atomic E-state index is 5.91. The Bertz CT molecular complexity index is 545. The summed E-state index contributed by atoms with van der Waals surface area (Å²) >= 11 is 9.38. The molecule has 1 atom stereocenters. The second-order valence-corrected chi connectivity index (χ2v) is 5.21. The molecule has 96 valence electrons. The van der Waals surface area contributed by atoms with Crippen LogP contribution in [-0.4, -0.2) is 17.3 Å². The molecular formula is C12H12BrClN2O2. The highest BCUT2D eigenvalue weighted by molar-refractivity contribution is 9.09. The van der Waals surface area contributed by atoms with E-state index in [1.807, 2.05) is 6.92 Å². The van der Waals surface area contributed by atoms with E-state index in [2.05, 4.69) is 26.1 Å². The Hall–Kier alpha value is -1.07. The number of rotatable bonds is 4. The molecule has 2 aromatic rings. The number of halogens is 2. The van der Waals surface area contributed by atoms with E-state index < -0.39 is 0 Å². The minimum absolute atomic E-state index is 0.0667. The van der Waals surface area contributed by atoms with Crippen molar-refractivity contribution in [3.05, 3.63) is 29.1 Å². The third kappa shape index (κ3) is 2.67. The smallest absolute Gasteiger partial charge is 0.251 e. The van der Waals surface area contributed by atoms with E-state index in [1.54, 1.807) is 25.3 Å². The van der Waals surface area contributed by atoms with E-state index >= 15 is 0 Å². The van der Waals surface area contributed by atoms with Crippen molar-refractivity contribution in [1.29, 1.82) is 0 Å². The molecule has 0 radical (unpaired) electrons. The number of hydrogen-bond donors (Lipinski definition) is 0. The lowest BCUT2D eigenvalue weighted by Gasteiger charge is -2.05. The molecule has 0 saturated heterocycles. The highest BCUT2D eigenvalue weighted by Gasteiger charge is 2.17. The average Bonchev–Trinajstić information content (AvgIpc) is 2.87. The zero-order valence-electron chi connectivity index (χ0n) is 9.98. The summed E-state index contributed by atoms with van der Waals surface area (Å²) in [5.41, 5.74) is 0.733. The van der Waals surface area contributed by atoms with Gasteiger partial charge < -0.3 is 9.15 Å². The fraction of sp³-hybridized carbons (Fsp3) is 0.333. The SMILES string of the molecule is CCC(Br)c1nnc(-c2ccc(Cl)cc2OC)o1. The van der Waals surface area contributed by atoms with E-state index in [0.29, 0.717) is 22.6 Å². The molecule has 18 heavy (non-hydrogen) atoms. The Morgan fingerprint density at radius 3 is 2.89 bits per heavy atom. The van der Waals surface area contributed by atoms with E-state index in [0.717, 1.165) is 12.0 Å². The molecule has 0 aliphatic heterocycles. The van der Waals surface area contributed by atoms with Crippen molar-refractivity contribution < 1.29 is 9.15 Å². The first-order valence-electron chi connectivity index (χ1n) is 5.47. The number of benzene rings is 1. The first-order valence-corrected chi connectivity index (χ1v) is 6.76. The van der Waals surface area contributed by atoms with Gasteiger partial charge in [-0.25, -0.2) is 0 Å². The van der Waals surface area contributed by atoms with Crippen molar-refractivity contribution in [1.82, 2.24) is 10.2 Å². The predicted molar refractivity (Wildman–Crippen MR) is 73.3 cm³/mol. The summed E-state index contributed by atoms with van der Waals surface area (Å²) in [6.45, 7) is 2.03. The van der Waals surface area contributed by atoms with Crippen molar-refractivity contribution in [3.8, 4) is 17.2 Å². The number of alkyl halides is 1. The van der Waals surface area contributed by atoms with Crippen LogP contribution in [0.3, 0.4) is 0 Å². The minimum atomic E-state index is 0.0667. The summed E-state index contributed by atoms with van der Waals surface area (Å²) in [7, 11) is 1.58. The van der Waals surface area contributed by atoms with Crippen LogP contribution in [0.25, 0.3) is 11.5 Å². The minimum Gasteiger partial charge on any atom is -0.496 e. The van der Waals surface area contributed by atoms with Crippen LogP contribution in [0.4, 0.5) is 0 Å². The molecule has 0 bridgehead atoms. The number of methoxy groups -OCH3 is 1. The number of aromatic nitrogens is 2. The van der Waals surface area contributed by atoms with Crippen LogP contribution < -0.4 is 4.74 Å². The van der Waals surface area contributed by atoms with Gasteiger partial charge in [0.15, 0.2) is 0 Å². The van der Waals surface area contributed by atoms with Gasteiger partial charge in [-0.05, 0) is 24.6 Å². The molecule has 1 heterocycles. The fourth-order valence-corrected chi connectivity index (χ4v) is 1.83. The van der Waals surface area contributed by atoms with E-state index in [4.69, 9.17) is 20.8 Å². The Labute approximate surface area is 118 Å². The molecule has 1 aromatic heterocycles. The van der Waals surface area contributed by atoms with Crippen LogP contribution >= 0.6 is 27.5 Å². The lowest BCUT2D eigenvalue weighted by Crippen LogP contribution is -1.88. The number of hydrogen-bond acceptors (Lipinski definition) is 4. The van der Waals surface area contributed by atoms with Crippen LogP contribution in [0.5, 0.6) is 5.75 Å². The standard InChI is InChI=1S/C12H12BrClN2O2/c1-3-9(13)12-16-15-11(18-12)8-5-4-7(14)6-10(8)17-2/h4-6,9H,3H2,1-2H3. The molecule has 0 aliphatic rings. The molecular weight excluding hydrogens is 320 g/mol. The molecule has 0 amide bonds. The number of nitrogens with zero attached hydrogens (tertiary/aromatic N) is 2. The average molecular weight is 332 g/mol. The molecule has 2 rings (SSSR count). The quantitative estimate of drug-likeness (QED) is 0.786. The van der Waals surface area contributed by atoms with Crippen molar-refractivity contribution in [2.45, 2.75) is 18.2 Å². The normalized spacial score (nSPS) is 12.4. The lowest BCUT2D eigenvalue weighted by molar-refractivity contribution is 0.413. The molecule has 6 heteroatoms. The Kier molecular flexibility index (Phi) is 4.24. The van der Waals surface area contributed by atoms with Crippen LogP contribution in [0.2, 0.25) is 5.02 Å². The van der Waals surface area contributed by atoms with Crippen LogP contribution in [-0.2, 0) is 0 Å². The molecule has 0 aliphatic carbocycles. The molecule has 0 N–H and O–H groups in total. The van der Waals surface area contributed by atoms with Gasteiger partial charge in [0.2, 0.25) is 5.89 Å². The summed E-state index contributed by atoms with van der Waals surface area (Å²) in [4.78, 5) is 0.0667. The van der Waals surface area contributed by atoms with Gasteiger partial charge in [-0.15, -0.1) is 10.2 Å². The van der Waals surface area contributed by atoms with Crippen molar-refractivity contribution in [3.63, 3.8) is 0 Å². The fourth-order valence-electron chi connectivity index (χ4n) is 1.49. The molecule has 1 aromatic carbocycles. The number of ether oxygens (including phenoxy) is 1. The Balaban J connectivity index is 2.39. The predicted octanol–water partition coefficient (Wildman–Crippen LogP) is 4.24. The van der Waals surface area contributed by atoms with E-state index in [9.17, 15) is 0 Å². The highest BCUT2D eigenvalue weighted by Crippen LogP contribution is 2.33. The second kappa shape index (κ2) is 5.71. The second-order valence-electron chi connectivity index (χ2n) is 3.67. The zero-order chi connectivity index (χ0) is 13.1. The van der Waals surface area contributed by atoms with Gasteiger partial charge in [-0.2, -0.15) is 0 Å². The van der Waals surface area contributed by atoms with Gasteiger partial charge in [0.05, 0.1) is 17.5 Å². The topological polar surface area (TPSA) is 48.2 Å². The van der Waals surface area contributed by atoms with Crippen LogP contribution in [0, 0.1) is 0 Å². The third-order valence-electron chi connectivity index (χ3n) is 2.46. The van der Waals surface area contributed by atoms with Gasteiger partial charge in [0.25, 0.3) is 5.89 Å². The Morgan fingerprint density at radius 2 is 2.22 bits per heavy atom. The molecule has 4 nitrogen and oxygen atoms in total. The molecule has 0 saturated carbocycles. The van der Waals surface area contributed by atoms with Gasteiger partial charge in [-0.1, -0.05) is 34.5 Å². The van der Waals surface area contributed by atoms with Gasteiger partial charge >= 0.3 is 0 Å². The van der Waals surface area contributed by atoms with E-state index in [1.165, 1.54) is 0 Å². The van der Waals surface area contributed by atoms with E-state index in [-0.39, 0.29) is 4.83 Å². The maximum Gasteiger partial charge on any atom is 0.251 e. The lowest BCUT2D eigenvalue weighted by atomic mass is 10.2. The molecule has 1 unspecified atom stereocenters. The monoisotopic (exact) mass is 330 g/mol. The largest absolute Gasteiger partial charge is 0.496 e. The summed E-state index contributed by atoms with van der Waals surface area (Å²) in [5, 5.41) is 8.63. The molecule has 0 fully saturated rings. The first kappa shape index (κ1) is 13.4. The van der Waals surface area contributed by atoms with Crippen LogP contribution in [0.1, 0.15) is 24.1 Å². The van der Waals surface area contributed by atoms with Crippen molar-refractivity contribution in [2.24, 2.45) is 0 Å². The first-order chi connectivity index (χ1) is 8.65. The summed E-state index contributed by atoms with van der Waals surface area (Å²) in [6, 6.07) is 5.27. The summed E-state index contributed by atoms with van der Waals surface area (Å²) < 4.78 is 10.9. The third-order valence-corrected chi connectivity index (χ3v) is 3.74. The summed E-state index contributed by atoms with van der Waals surface area (Å²) in [6.07, 6.45) is 0.874. The Morgan fingerprint density at radius 1 is 1.44 bits per heavy atom. The van der Waals surface area contributed by atoms with Crippen molar-refractivity contribution in [2.75, 3.05) is 7.11 Å². The van der Waals surface area contributed by atoms with Crippen molar-refractivity contribution >= 4 is 27.5 Å². The maximum absolute atomic E-state index is 5.91. The van der Waals surface area contributed by atoms with Gasteiger partial charge in [0.1, 0.15) is 5.75 Å². The van der Waals surface area contributed by atoms with Gasteiger partial charge in [-0.3, -0.25) is 0 Å². The van der Waals surface area contributed by atoms with Gasteiger partial charge in [0, 0.05) is 5.02 Å². The zero-order valence-corrected chi connectivity index (χ0v) is 12.3. The highest BCUT2D eigenvalue weighted by atomic mass is 79.9. The van der Waals surface area contributed by atoms with Crippen LogP contribution in [0.15, 0.2) is 22.6 Å².